The number of hydrogen-bond acceptors (Lipinski definition) is 4. The third kappa shape index (κ3) is 2.25. The van der Waals surface area contributed by atoms with Crippen LogP contribution in [0.3, 0.4) is 0 Å². The molecule has 0 bridgehead atoms. The fourth-order valence-corrected chi connectivity index (χ4v) is 1.92. The number of halogens is 1. The Morgan fingerprint density at radius 2 is 2.00 bits per heavy atom. The lowest BCUT2D eigenvalue weighted by atomic mass is 10.1. The van der Waals surface area contributed by atoms with Crippen molar-refractivity contribution < 1.29 is 14.0 Å². The van der Waals surface area contributed by atoms with Gasteiger partial charge in [0, 0.05) is 11.6 Å². The van der Waals surface area contributed by atoms with Crippen molar-refractivity contribution in [2.45, 2.75) is 6.92 Å². The van der Waals surface area contributed by atoms with Gasteiger partial charge in [-0.1, -0.05) is 28.9 Å². The van der Waals surface area contributed by atoms with E-state index in [1.165, 1.54) is 12.1 Å². The number of phenolic OH excluding ortho intramolecular Hbond substituents is 1. The molecule has 0 unspecified atom stereocenters. The lowest BCUT2D eigenvalue weighted by molar-refractivity contribution is 0.425. The second kappa shape index (κ2) is 4.77. The van der Waals surface area contributed by atoms with Crippen molar-refractivity contribution in [3.05, 3.63) is 53.8 Å². The Balaban J connectivity index is 2.02. The van der Waals surface area contributed by atoms with E-state index in [-0.39, 0.29) is 11.6 Å². The number of benzene rings is 2. The largest absolute Gasteiger partial charge is 0.507 e. The van der Waals surface area contributed by atoms with Crippen molar-refractivity contribution in [1.29, 1.82) is 0 Å². The molecule has 0 aliphatic rings. The molecule has 0 saturated heterocycles. The predicted molar refractivity (Wildman–Crippen MR) is 71.5 cm³/mol. The minimum atomic E-state index is -0.523. The number of phenols is 1. The number of aryl methyl sites for hydroxylation is 1. The molecule has 0 aliphatic heterocycles. The van der Waals surface area contributed by atoms with E-state index in [2.05, 4.69) is 10.1 Å². The van der Waals surface area contributed by atoms with Gasteiger partial charge in [-0.15, -0.1) is 0 Å². The average molecular weight is 270 g/mol. The smallest absolute Gasteiger partial charge is 0.262 e. The van der Waals surface area contributed by atoms with Crippen LogP contribution in [0.4, 0.5) is 4.39 Å². The molecule has 0 amide bonds. The summed E-state index contributed by atoms with van der Waals surface area (Å²) in [5, 5.41) is 13.6. The van der Waals surface area contributed by atoms with Gasteiger partial charge in [0.25, 0.3) is 5.89 Å². The summed E-state index contributed by atoms with van der Waals surface area (Å²) in [5.41, 5.74) is 2.21. The Kier molecular flexibility index (Phi) is 2.95. The van der Waals surface area contributed by atoms with E-state index < -0.39 is 5.82 Å². The molecule has 3 aromatic rings. The van der Waals surface area contributed by atoms with E-state index in [1.54, 1.807) is 0 Å². The topological polar surface area (TPSA) is 59.2 Å². The molecule has 3 rings (SSSR count). The van der Waals surface area contributed by atoms with Crippen LogP contribution in [0.15, 0.2) is 47.0 Å². The van der Waals surface area contributed by atoms with Gasteiger partial charge < -0.3 is 9.63 Å². The molecule has 0 spiro atoms. The highest BCUT2D eigenvalue weighted by molar-refractivity contribution is 5.65. The normalized spacial score (nSPS) is 10.7. The molecule has 5 heteroatoms. The fourth-order valence-electron chi connectivity index (χ4n) is 1.92. The monoisotopic (exact) mass is 270 g/mol. The van der Waals surface area contributed by atoms with Gasteiger partial charge in [0.2, 0.25) is 5.82 Å². The van der Waals surface area contributed by atoms with E-state index in [1.807, 2.05) is 31.2 Å². The third-order valence-electron chi connectivity index (χ3n) is 2.89. The van der Waals surface area contributed by atoms with E-state index in [0.717, 1.165) is 17.2 Å². The molecule has 1 aromatic heterocycles. The molecule has 20 heavy (non-hydrogen) atoms. The lowest BCUT2D eigenvalue weighted by Gasteiger charge is -1.98. The number of nitrogens with zero attached hydrogens (tertiary/aromatic N) is 2. The van der Waals surface area contributed by atoms with Crippen LogP contribution in [0, 0.1) is 12.7 Å². The van der Waals surface area contributed by atoms with E-state index in [0.29, 0.717) is 11.4 Å². The van der Waals surface area contributed by atoms with Gasteiger partial charge in [-0.3, -0.25) is 0 Å². The maximum absolute atomic E-state index is 13.0. The average Bonchev–Trinajstić information content (AvgIpc) is 2.88. The van der Waals surface area contributed by atoms with Gasteiger partial charge in [0.05, 0.1) is 5.56 Å². The molecule has 0 fully saturated rings. The maximum Gasteiger partial charge on any atom is 0.262 e. The first-order chi connectivity index (χ1) is 9.63. The lowest BCUT2D eigenvalue weighted by Crippen LogP contribution is -1.83. The van der Waals surface area contributed by atoms with Crippen molar-refractivity contribution in [3.8, 4) is 28.6 Å². The number of aromatic hydroxyl groups is 1. The zero-order chi connectivity index (χ0) is 14.1. The highest BCUT2D eigenvalue weighted by atomic mass is 19.1. The summed E-state index contributed by atoms with van der Waals surface area (Å²) < 4.78 is 18.1. The van der Waals surface area contributed by atoms with Crippen LogP contribution in [0.1, 0.15) is 5.56 Å². The van der Waals surface area contributed by atoms with Crippen molar-refractivity contribution >= 4 is 0 Å². The van der Waals surface area contributed by atoms with Crippen molar-refractivity contribution in [3.63, 3.8) is 0 Å². The van der Waals surface area contributed by atoms with Gasteiger partial charge >= 0.3 is 0 Å². The van der Waals surface area contributed by atoms with Crippen LogP contribution in [0.2, 0.25) is 0 Å². The first-order valence-electron chi connectivity index (χ1n) is 6.03. The van der Waals surface area contributed by atoms with Crippen molar-refractivity contribution in [2.75, 3.05) is 0 Å². The van der Waals surface area contributed by atoms with Gasteiger partial charge in [-0.05, 0) is 25.1 Å². The van der Waals surface area contributed by atoms with E-state index in [9.17, 15) is 9.50 Å². The first-order valence-corrected chi connectivity index (χ1v) is 6.03. The summed E-state index contributed by atoms with van der Waals surface area (Å²) in [5.74, 6) is -0.180. The minimum absolute atomic E-state index is 0.152. The van der Waals surface area contributed by atoms with Crippen LogP contribution >= 0.6 is 0 Å². The molecule has 0 saturated carbocycles. The predicted octanol–water partition coefficient (Wildman–Crippen LogP) is 3.56. The molecule has 100 valence electrons. The van der Waals surface area contributed by atoms with Gasteiger partial charge in [-0.2, -0.15) is 4.98 Å². The number of rotatable bonds is 2. The van der Waals surface area contributed by atoms with Crippen molar-refractivity contribution in [2.24, 2.45) is 0 Å². The van der Waals surface area contributed by atoms with Crippen molar-refractivity contribution in [1.82, 2.24) is 10.1 Å². The third-order valence-corrected chi connectivity index (χ3v) is 2.89. The van der Waals surface area contributed by atoms with Gasteiger partial charge in [-0.25, -0.2) is 4.39 Å². The maximum atomic E-state index is 13.0. The molecule has 0 radical (unpaired) electrons. The van der Waals surface area contributed by atoms with E-state index >= 15 is 0 Å². The van der Waals surface area contributed by atoms with Crippen LogP contribution in [0.25, 0.3) is 22.8 Å². The quantitative estimate of drug-likeness (QED) is 0.773. The summed E-state index contributed by atoms with van der Waals surface area (Å²) in [6.45, 7) is 1.97. The van der Waals surface area contributed by atoms with Crippen LogP contribution in [0.5, 0.6) is 5.75 Å². The Bertz CT molecular complexity index is 768. The summed E-state index contributed by atoms with van der Waals surface area (Å²) in [4.78, 5) is 4.22. The summed E-state index contributed by atoms with van der Waals surface area (Å²) in [6.07, 6.45) is 0. The Labute approximate surface area is 114 Å². The Morgan fingerprint density at radius 3 is 2.75 bits per heavy atom. The van der Waals surface area contributed by atoms with E-state index in [4.69, 9.17) is 4.52 Å². The highest BCUT2D eigenvalue weighted by Crippen LogP contribution is 2.29. The van der Waals surface area contributed by atoms with Gasteiger partial charge in [0.1, 0.15) is 11.6 Å². The van der Waals surface area contributed by atoms with Crippen LogP contribution in [-0.2, 0) is 0 Å². The molecular weight excluding hydrogens is 259 g/mol. The molecule has 1 heterocycles. The van der Waals surface area contributed by atoms with Crippen LogP contribution in [-0.4, -0.2) is 15.2 Å². The molecule has 2 aromatic carbocycles. The zero-order valence-corrected chi connectivity index (χ0v) is 10.7. The second-order valence-corrected chi connectivity index (χ2v) is 4.45. The summed E-state index contributed by atoms with van der Waals surface area (Å²) in [6, 6.07) is 11.3. The Hall–Kier alpha value is -2.69. The summed E-state index contributed by atoms with van der Waals surface area (Å²) in [7, 11) is 0. The zero-order valence-electron chi connectivity index (χ0n) is 10.7. The molecule has 1 N–H and O–H groups in total. The molecule has 0 atom stereocenters. The SMILES string of the molecule is Cc1cccc(-c2noc(-c3ccc(F)cc3O)n2)c1. The standard InChI is InChI=1S/C15H11FN2O2/c1-9-3-2-4-10(7-9)14-17-15(20-18-14)12-6-5-11(16)8-13(12)19/h2-8,19H,1H3. The molecule has 4 nitrogen and oxygen atoms in total. The Morgan fingerprint density at radius 1 is 1.15 bits per heavy atom. The molecule has 0 aliphatic carbocycles. The summed E-state index contributed by atoms with van der Waals surface area (Å²) >= 11 is 0. The van der Waals surface area contributed by atoms with Crippen LogP contribution < -0.4 is 0 Å². The highest BCUT2D eigenvalue weighted by Gasteiger charge is 2.14. The fraction of sp³-hybridized carbons (Fsp3) is 0.0667. The number of hydrogen-bond donors (Lipinski definition) is 1. The molecular formula is C15H11FN2O2. The van der Waals surface area contributed by atoms with Gasteiger partial charge in [0.15, 0.2) is 0 Å². The first kappa shape index (κ1) is 12.3. The second-order valence-electron chi connectivity index (χ2n) is 4.45. The number of aromatic nitrogens is 2. The minimum Gasteiger partial charge on any atom is -0.507 e.